The molecule has 3 aromatic rings. The van der Waals surface area contributed by atoms with Crippen LogP contribution in [0, 0.1) is 0 Å². The van der Waals surface area contributed by atoms with Crippen molar-refractivity contribution in [1.29, 1.82) is 0 Å². The SMILES string of the molecule is CC(c1ccon1)N(C)C(=O)c1ccc(-c2ccccc2Cl)o1. The Labute approximate surface area is 138 Å². The smallest absolute Gasteiger partial charge is 0.289 e. The second-order valence-electron chi connectivity index (χ2n) is 5.16. The van der Waals surface area contributed by atoms with Gasteiger partial charge in [0.05, 0.1) is 11.1 Å². The van der Waals surface area contributed by atoms with Gasteiger partial charge in [-0.05, 0) is 31.2 Å². The first-order valence-electron chi connectivity index (χ1n) is 7.10. The van der Waals surface area contributed by atoms with E-state index in [1.165, 1.54) is 6.26 Å². The van der Waals surface area contributed by atoms with E-state index in [0.717, 1.165) is 5.56 Å². The Morgan fingerprint density at radius 2 is 2.00 bits per heavy atom. The van der Waals surface area contributed by atoms with Crippen molar-refractivity contribution in [3.8, 4) is 11.3 Å². The standard InChI is InChI=1S/C17H15ClN2O3/c1-11(14-9-10-22-19-14)20(2)17(21)16-8-7-15(23-16)12-5-3-4-6-13(12)18/h3-11H,1-2H3. The zero-order valence-corrected chi connectivity index (χ0v) is 13.4. The van der Waals surface area contributed by atoms with Gasteiger partial charge in [0, 0.05) is 18.7 Å². The second kappa shape index (κ2) is 6.30. The molecular formula is C17H15ClN2O3. The van der Waals surface area contributed by atoms with Gasteiger partial charge in [-0.2, -0.15) is 0 Å². The van der Waals surface area contributed by atoms with Gasteiger partial charge in [-0.15, -0.1) is 0 Å². The summed E-state index contributed by atoms with van der Waals surface area (Å²) in [5, 5.41) is 4.43. The highest BCUT2D eigenvalue weighted by Gasteiger charge is 2.23. The molecule has 118 valence electrons. The van der Waals surface area contributed by atoms with Gasteiger partial charge in [0.2, 0.25) is 0 Å². The maximum absolute atomic E-state index is 12.6. The summed E-state index contributed by atoms with van der Waals surface area (Å²) < 4.78 is 10.5. The molecule has 0 spiro atoms. The Morgan fingerprint density at radius 3 is 2.70 bits per heavy atom. The monoisotopic (exact) mass is 330 g/mol. The lowest BCUT2D eigenvalue weighted by molar-refractivity contribution is 0.0706. The predicted octanol–water partition coefficient (Wildman–Crippen LogP) is 4.42. The van der Waals surface area contributed by atoms with E-state index >= 15 is 0 Å². The molecule has 1 unspecified atom stereocenters. The Morgan fingerprint density at radius 1 is 1.22 bits per heavy atom. The van der Waals surface area contributed by atoms with Gasteiger partial charge in [-0.25, -0.2) is 0 Å². The zero-order valence-electron chi connectivity index (χ0n) is 12.7. The molecule has 0 N–H and O–H groups in total. The van der Waals surface area contributed by atoms with E-state index in [0.29, 0.717) is 16.5 Å². The number of amides is 1. The molecule has 0 saturated carbocycles. The van der Waals surface area contributed by atoms with Crippen LogP contribution in [0.4, 0.5) is 0 Å². The summed E-state index contributed by atoms with van der Waals surface area (Å²) >= 11 is 6.15. The first kappa shape index (κ1) is 15.4. The molecule has 2 aromatic heterocycles. The first-order chi connectivity index (χ1) is 11.1. The first-order valence-corrected chi connectivity index (χ1v) is 7.48. The third-order valence-electron chi connectivity index (χ3n) is 3.74. The van der Waals surface area contributed by atoms with Gasteiger partial charge in [-0.3, -0.25) is 4.79 Å². The number of carbonyl (C=O) groups is 1. The van der Waals surface area contributed by atoms with E-state index < -0.39 is 0 Å². The van der Waals surface area contributed by atoms with Gasteiger partial charge in [0.1, 0.15) is 17.7 Å². The molecule has 0 aliphatic rings. The predicted molar refractivity (Wildman–Crippen MR) is 86.2 cm³/mol. The molecule has 0 aliphatic heterocycles. The number of rotatable bonds is 4. The van der Waals surface area contributed by atoms with Gasteiger partial charge in [0.15, 0.2) is 5.76 Å². The lowest BCUT2D eigenvalue weighted by atomic mass is 10.2. The maximum Gasteiger partial charge on any atom is 0.289 e. The van der Waals surface area contributed by atoms with E-state index in [2.05, 4.69) is 5.16 Å². The molecule has 0 fully saturated rings. The fourth-order valence-electron chi connectivity index (χ4n) is 2.24. The van der Waals surface area contributed by atoms with Crippen LogP contribution in [-0.2, 0) is 0 Å². The molecular weight excluding hydrogens is 316 g/mol. The second-order valence-corrected chi connectivity index (χ2v) is 5.57. The maximum atomic E-state index is 12.6. The van der Waals surface area contributed by atoms with Crippen molar-refractivity contribution in [2.24, 2.45) is 0 Å². The quantitative estimate of drug-likeness (QED) is 0.710. The topological polar surface area (TPSA) is 59.5 Å². The number of nitrogens with zero attached hydrogens (tertiary/aromatic N) is 2. The van der Waals surface area contributed by atoms with Crippen molar-refractivity contribution in [3.05, 3.63) is 65.2 Å². The molecule has 1 atom stereocenters. The fraction of sp³-hybridized carbons (Fsp3) is 0.176. The van der Waals surface area contributed by atoms with Gasteiger partial charge in [0.25, 0.3) is 5.91 Å². The van der Waals surface area contributed by atoms with Crippen LogP contribution in [0.25, 0.3) is 11.3 Å². The van der Waals surface area contributed by atoms with E-state index in [1.807, 2.05) is 25.1 Å². The van der Waals surface area contributed by atoms with Crippen LogP contribution in [0.1, 0.15) is 29.2 Å². The third kappa shape index (κ3) is 3.00. The van der Waals surface area contributed by atoms with Gasteiger partial charge >= 0.3 is 0 Å². The molecule has 23 heavy (non-hydrogen) atoms. The van der Waals surface area contributed by atoms with Crippen LogP contribution in [0.15, 0.2) is 57.7 Å². The molecule has 2 heterocycles. The van der Waals surface area contributed by atoms with Crippen LogP contribution in [0.5, 0.6) is 0 Å². The number of halogens is 1. The Hall–Kier alpha value is -2.53. The van der Waals surface area contributed by atoms with Crippen molar-refractivity contribution in [2.45, 2.75) is 13.0 Å². The highest BCUT2D eigenvalue weighted by Crippen LogP contribution is 2.30. The van der Waals surface area contributed by atoms with E-state index in [-0.39, 0.29) is 17.7 Å². The number of furan rings is 1. The Bertz CT molecular complexity index is 811. The molecule has 0 bridgehead atoms. The normalized spacial score (nSPS) is 12.1. The largest absolute Gasteiger partial charge is 0.451 e. The highest BCUT2D eigenvalue weighted by atomic mass is 35.5. The van der Waals surface area contributed by atoms with Crippen molar-refractivity contribution >= 4 is 17.5 Å². The number of hydrogen-bond donors (Lipinski definition) is 0. The molecule has 1 aromatic carbocycles. The van der Waals surface area contributed by atoms with Crippen molar-refractivity contribution < 1.29 is 13.7 Å². The molecule has 1 amide bonds. The van der Waals surface area contributed by atoms with Crippen LogP contribution in [-0.4, -0.2) is 23.0 Å². The summed E-state index contributed by atoms with van der Waals surface area (Å²) in [5.74, 6) is 0.568. The lowest BCUT2D eigenvalue weighted by Gasteiger charge is -2.21. The number of benzene rings is 1. The van der Waals surface area contributed by atoms with Crippen molar-refractivity contribution in [3.63, 3.8) is 0 Å². The minimum atomic E-state index is -0.237. The number of aromatic nitrogens is 1. The molecule has 6 heteroatoms. The number of hydrogen-bond acceptors (Lipinski definition) is 4. The zero-order chi connectivity index (χ0) is 16.4. The summed E-state index contributed by atoms with van der Waals surface area (Å²) in [6, 6.07) is 12.2. The minimum Gasteiger partial charge on any atom is -0.451 e. The summed E-state index contributed by atoms with van der Waals surface area (Å²) in [4.78, 5) is 14.1. The third-order valence-corrected chi connectivity index (χ3v) is 4.07. The fourth-order valence-corrected chi connectivity index (χ4v) is 2.47. The van der Waals surface area contributed by atoms with Crippen LogP contribution < -0.4 is 0 Å². The average Bonchev–Trinajstić information content (AvgIpc) is 3.24. The van der Waals surface area contributed by atoms with Gasteiger partial charge in [-0.1, -0.05) is 28.9 Å². The number of carbonyl (C=O) groups excluding carboxylic acids is 1. The summed E-state index contributed by atoms with van der Waals surface area (Å²) in [6.45, 7) is 1.87. The minimum absolute atomic E-state index is 0.227. The summed E-state index contributed by atoms with van der Waals surface area (Å²) in [7, 11) is 1.69. The Balaban J connectivity index is 1.83. The average molecular weight is 331 g/mol. The lowest BCUT2D eigenvalue weighted by Crippen LogP contribution is -2.29. The van der Waals surface area contributed by atoms with Crippen molar-refractivity contribution in [1.82, 2.24) is 10.1 Å². The van der Waals surface area contributed by atoms with Crippen LogP contribution >= 0.6 is 11.6 Å². The Kier molecular flexibility index (Phi) is 4.21. The molecule has 0 saturated heterocycles. The van der Waals surface area contributed by atoms with Crippen LogP contribution in [0.3, 0.4) is 0 Å². The molecule has 5 nitrogen and oxygen atoms in total. The molecule has 0 aliphatic carbocycles. The highest BCUT2D eigenvalue weighted by molar-refractivity contribution is 6.33. The van der Waals surface area contributed by atoms with E-state index in [4.69, 9.17) is 20.5 Å². The molecule has 0 radical (unpaired) electrons. The molecule has 3 rings (SSSR count). The van der Waals surface area contributed by atoms with E-state index in [9.17, 15) is 4.79 Å². The van der Waals surface area contributed by atoms with Crippen LogP contribution in [0.2, 0.25) is 5.02 Å². The summed E-state index contributed by atoms with van der Waals surface area (Å²) in [5.41, 5.74) is 1.43. The summed E-state index contributed by atoms with van der Waals surface area (Å²) in [6.07, 6.45) is 1.48. The van der Waals surface area contributed by atoms with E-state index in [1.54, 1.807) is 36.2 Å². The van der Waals surface area contributed by atoms with Gasteiger partial charge < -0.3 is 13.8 Å². The van der Waals surface area contributed by atoms with Crippen molar-refractivity contribution in [2.75, 3.05) is 7.05 Å².